The van der Waals surface area contributed by atoms with Crippen LogP contribution in [0.3, 0.4) is 0 Å². The van der Waals surface area contributed by atoms with Gasteiger partial charge in [0.15, 0.2) is 0 Å². The van der Waals surface area contributed by atoms with Crippen LogP contribution in [0.2, 0.25) is 0 Å². The van der Waals surface area contributed by atoms with Crippen molar-refractivity contribution in [2.75, 3.05) is 32.1 Å². The molecule has 0 radical (unpaired) electrons. The molecule has 0 aromatic carbocycles. The average molecular weight is 278 g/mol. The Morgan fingerprint density at radius 1 is 1.33 bits per heavy atom. The molecule has 0 aliphatic rings. The number of nitrogens with two attached hydrogens (primary N) is 1. The van der Waals surface area contributed by atoms with Crippen molar-refractivity contribution in [3.8, 4) is 0 Å². The lowest BCUT2D eigenvalue weighted by atomic mass is 9.94. The van der Waals surface area contributed by atoms with Crippen molar-refractivity contribution in [1.29, 1.82) is 0 Å². The Hall–Kier alpha value is -0.620. The summed E-state index contributed by atoms with van der Waals surface area (Å²) in [7, 11) is -1.39. The number of carbonyl (C=O) groups excluding carboxylic acids is 1. The van der Waals surface area contributed by atoms with E-state index in [-0.39, 0.29) is 24.1 Å². The predicted molar refractivity (Wildman–Crippen MR) is 74.0 cm³/mol. The zero-order chi connectivity index (χ0) is 14.3. The molecule has 1 atom stereocenters. The van der Waals surface area contributed by atoms with Crippen LogP contribution in [0.5, 0.6) is 0 Å². The first-order chi connectivity index (χ1) is 8.15. The molecule has 6 heteroatoms. The van der Waals surface area contributed by atoms with E-state index in [0.29, 0.717) is 18.9 Å². The van der Waals surface area contributed by atoms with Crippen molar-refractivity contribution < 1.29 is 13.2 Å². The first-order valence-electron chi connectivity index (χ1n) is 6.27. The SMILES string of the molecule is CC(C)CC(CN)CC(=O)N(C)CCS(C)(=O)=O. The molecular formula is C12H26N2O3S. The molecule has 2 N–H and O–H groups in total. The molecule has 0 saturated heterocycles. The Morgan fingerprint density at radius 3 is 2.28 bits per heavy atom. The van der Waals surface area contributed by atoms with E-state index in [4.69, 9.17) is 5.73 Å². The van der Waals surface area contributed by atoms with Crippen LogP contribution in [0, 0.1) is 11.8 Å². The zero-order valence-corrected chi connectivity index (χ0v) is 12.7. The second kappa shape index (κ2) is 7.74. The van der Waals surface area contributed by atoms with Crippen molar-refractivity contribution in [2.45, 2.75) is 26.7 Å². The highest BCUT2D eigenvalue weighted by atomic mass is 32.2. The van der Waals surface area contributed by atoms with Crippen LogP contribution in [0.25, 0.3) is 0 Å². The van der Waals surface area contributed by atoms with Crippen LogP contribution in [0.1, 0.15) is 26.7 Å². The Balaban J connectivity index is 4.21. The summed E-state index contributed by atoms with van der Waals surface area (Å²) in [5.74, 6) is 0.660. The van der Waals surface area contributed by atoms with Crippen molar-refractivity contribution in [3.05, 3.63) is 0 Å². The summed E-state index contributed by atoms with van der Waals surface area (Å²) in [5, 5.41) is 0. The molecule has 5 nitrogen and oxygen atoms in total. The van der Waals surface area contributed by atoms with E-state index in [9.17, 15) is 13.2 Å². The van der Waals surface area contributed by atoms with Crippen molar-refractivity contribution in [3.63, 3.8) is 0 Å². The third-order valence-electron chi connectivity index (χ3n) is 2.82. The van der Waals surface area contributed by atoms with E-state index >= 15 is 0 Å². The van der Waals surface area contributed by atoms with Crippen LogP contribution < -0.4 is 5.73 Å². The average Bonchev–Trinajstić information content (AvgIpc) is 2.22. The van der Waals surface area contributed by atoms with Gasteiger partial charge in [0.2, 0.25) is 5.91 Å². The molecule has 0 bridgehead atoms. The largest absolute Gasteiger partial charge is 0.345 e. The molecule has 0 aliphatic heterocycles. The molecule has 18 heavy (non-hydrogen) atoms. The normalized spacial score (nSPS) is 13.7. The highest BCUT2D eigenvalue weighted by Gasteiger charge is 2.17. The molecule has 0 fully saturated rings. The van der Waals surface area contributed by atoms with E-state index in [2.05, 4.69) is 13.8 Å². The second-order valence-electron chi connectivity index (χ2n) is 5.38. The Kier molecular flexibility index (Phi) is 7.47. The Labute approximate surface area is 111 Å². The quantitative estimate of drug-likeness (QED) is 0.701. The minimum atomic E-state index is -3.02. The van der Waals surface area contributed by atoms with Crippen LogP contribution in [0.4, 0.5) is 0 Å². The molecule has 1 unspecified atom stereocenters. The maximum absolute atomic E-state index is 11.9. The molecule has 0 aromatic heterocycles. The van der Waals surface area contributed by atoms with Gasteiger partial charge in [0, 0.05) is 26.3 Å². The third kappa shape index (κ3) is 8.47. The van der Waals surface area contributed by atoms with Crippen LogP contribution in [-0.4, -0.2) is 51.4 Å². The van der Waals surface area contributed by atoms with Crippen molar-refractivity contribution in [2.24, 2.45) is 17.6 Å². The fraction of sp³-hybridized carbons (Fsp3) is 0.917. The van der Waals surface area contributed by atoms with Gasteiger partial charge >= 0.3 is 0 Å². The van der Waals surface area contributed by atoms with E-state index in [0.717, 1.165) is 6.42 Å². The molecule has 0 heterocycles. The molecule has 0 aliphatic carbocycles. The number of amides is 1. The number of sulfone groups is 1. The fourth-order valence-electron chi connectivity index (χ4n) is 1.76. The van der Waals surface area contributed by atoms with Gasteiger partial charge in [-0.05, 0) is 24.8 Å². The number of hydrogen-bond donors (Lipinski definition) is 1. The monoisotopic (exact) mass is 278 g/mol. The summed E-state index contributed by atoms with van der Waals surface area (Å²) in [6.07, 6.45) is 2.49. The maximum atomic E-state index is 11.9. The van der Waals surface area contributed by atoms with Crippen molar-refractivity contribution in [1.82, 2.24) is 4.90 Å². The lowest BCUT2D eigenvalue weighted by Gasteiger charge is -2.21. The van der Waals surface area contributed by atoms with Gasteiger partial charge in [-0.1, -0.05) is 13.8 Å². The lowest BCUT2D eigenvalue weighted by Crippen LogP contribution is -2.34. The maximum Gasteiger partial charge on any atom is 0.222 e. The molecule has 0 saturated carbocycles. The second-order valence-corrected chi connectivity index (χ2v) is 7.64. The number of nitrogens with zero attached hydrogens (tertiary/aromatic N) is 1. The van der Waals surface area contributed by atoms with Gasteiger partial charge in [-0.3, -0.25) is 4.79 Å². The predicted octanol–water partition coefficient (Wildman–Crippen LogP) is 0.501. The van der Waals surface area contributed by atoms with Crippen molar-refractivity contribution >= 4 is 15.7 Å². The number of carbonyl (C=O) groups is 1. The summed E-state index contributed by atoms with van der Waals surface area (Å²) >= 11 is 0. The molecular weight excluding hydrogens is 252 g/mol. The van der Waals surface area contributed by atoms with E-state index in [1.807, 2.05) is 0 Å². The molecule has 0 aromatic rings. The van der Waals surface area contributed by atoms with Gasteiger partial charge in [-0.25, -0.2) is 8.42 Å². The summed E-state index contributed by atoms with van der Waals surface area (Å²) in [4.78, 5) is 13.4. The van der Waals surface area contributed by atoms with Gasteiger partial charge < -0.3 is 10.6 Å². The van der Waals surface area contributed by atoms with Gasteiger partial charge in [0.05, 0.1) is 5.75 Å². The molecule has 0 rings (SSSR count). The summed E-state index contributed by atoms with van der Waals surface area (Å²) < 4.78 is 22.0. The van der Waals surface area contributed by atoms with Gasteiger partial charge in [-0.15, -0.1) is 0 Å². The minimum Gasteiger partial charge on any atom is -0.345 e. The molecule has 108 valence electrons. The third-order valence-corrected chi connectivity index (χ3v) is 3.75. The summed E-state index contributed by atoms with van der Waals surface area (Å²) in [6.45, 7) is 4.93. The lowest BCUT2D eigenvalue weighted by molar-refractivity contribution is -0.130. The first kappa shape index (κ1) is 17.4. The highest BCUT2D eigenvalue weighted by Crippen LogP contribution is 2.15. The van der Waals surface area contributed by atoms with E-state index in [1.54, 1.807) is 7.05 Å². The number of rotatable bonds is 8. The molecule has 1 amide bonds. The fourth-order valence-corrected chi connectivity index (χ4v) is 2.37. The van der Waals surface area contributed by atoms with Gasteiger partial charge in [0.1, 0.15) is 9.84 Å². The van der Waals surface area contributed by atoms with E-state index < -0.39 is 9.84 Å². The topological polar surface area (TPSA) is 80.5 Å². The Bertz CT molecular complexity index is 352. The first-order valence-corrected chi connectivity index (χ1v) is 8.33. The van der Waals surface area contributed by atoms with E-state index in [1.165, 1.54) is 11.2 Å². The summed E-state index contributed by atoms with van der Waals surface area (Å²) in [6, 6.07) is 0. The minimum absolute atomic E-state index is 0.00666. The highest BCUT2D eigenvalue weighted by molar-refractivity contribution is 7.90. The number of hydrogen-bond acceptors (Lipinski definition) is 4. The Morgan fingerprint density at radius 2 is 1.89 bits per heavy atom. The standard InChI is InChI=1S/C12H26N2O3S/c1-10(2)7-11(9-13)8-12(15)14(3)5-6-18(4,16)17/h10-11H,5-9,13H2,1-4H3. The summed E-state index contributed by atoms with van der Waals surface area (Å²) in [5.41, 5.74) is 5.65. The smallest absolute Gasteiger partial charge is 0.222 e. The zero-order valence-electron chi connectivity index (χ0n) is 11.8. The molecule has 0 spiro atoms. The van der Waals surface area contributed by atoms with Gasteiger partial charge in [-0.2, -0.15) is 0 Å². The van der Waals surface area contributed by atoms with Crippen LogP contribution >= 0.6 is 0 Å². The van der Waals surface area contributed by atoms with Crippen LogP contribution in [-0.2, 0) is 14.6 Å². The van der Waals surface area contributed by atoms with Gasteiger partial charge in [0.25, 0.3) is 0 Å². The van der Waals surface area contributed by atoms with Crippen LogP contribution in [0.15, 0.2) is 0 Å².